The fraction of sp³-hybridized carbons (Fsp3) is 0.156. The molecule has 12 aromatic rings. The fourth-order valence-electron chi connectivity index (χ4n) is 16.5. The van der Waals surface area contributed by atoms with Crippen molar-refractivity contribution in [2.45, 2.75) is 64.5 Å². The molecule has 0 spiro atoms. The maximum atomic E-state index is 5.65. The van der Waals surface area contributed by atoms with Crippen LogP contribution >= 0.6 is 17.0 Å². The molecule has 9 heteroatoms. The summed E-state index contributed by atoms with van der Waals surface area (Å²) >= 11 is -0.826. The van der Waals surface area contributed by atoms with Gasteiger partial charge in [0.1, 0.15) is 23.0 Å². The van der Waals surface area contributed by atoms with E-state index in [4.69, 9.17) is 36.0 Å². The fourth-order valence-corrected chi connectivity index (χ4v) is 22.1. The summed E-state index contributed by atoms with van der Waals surface area (Å²) in [5, 5.41) is 16.0. The minimum absolute atomic E-state index is 0.155. The first kappa shape index (κ1) is 67.4. The van der Waals surface area contributed by atoms with Gasteiger partial charge < -0.3 is 18.9 Å². The molecule has 2 radical (unpaired) electrons. The second-order valence-electron chi connectivity index (χ2n) is 26.2. The molecule has 0 aliphatic heterocycles. The van der Waals surface area contributed by atoms with Crippen LogP contribution < -0.4 is 39.7 Å². The van der Waals surface area contributed by atoms with Crippen LogP contribution in [0.5, 0.6) is 23.0 Å². The molecule has 4 aliphatic rings. The molecule has 0 heterocycles. The van der Waals surface area contributed by atoms with Crippen molar-refractivity contribution in [1.29, 1.82) is 0 Å². The summed E-state index contributed by atoms with van der Waals surface area (Å²) in [5.74, 6) is 4.18. The Morgan fingerprint density at radius 2 is 0.525 bits per heavy atom. The van der Waals surface area contributed by atoms with Crippen molar-refractivity contribution >= 4 is 123 Å². The molecule has 0 aromatic heterocycles. The molecule has 0 fully saturated rings. The van der Waals surface area contributed by atoms with Gasteiger partial charge in [-0.15, -0.1) is 91.6 Å². The number of hydrogen-bond donors (Lipinski definition) is 0. The van der Waals surface area contributed by atoms with Gasteiger partial charge in [-0.2, -0.15) is 68.8 Å². The van der Waals surface area contributed by atoms with E-state index in [1.807, 2.05) is 0 Å². The summed E-state index contributed by atoms with van der Waals surface area (Å²) in [4.78, 5) is 0. The van der Waals surface area contributed by atoms with E-state index < -0.39 is 38.4 Å². The Balaban J connectivity index is 0.000000163. The van der Waals surface area contributed by atoms with Crippen LogP contribution in [0.15, 0.2) is 243 Å². The van der Waals surface area contributed by atoms with Crippen molar-refractivity contribution < 1.29 is 39.8 Å². The molecule has 16 rings (SSSR count). The molecule has 0 saturated heterocycles. The van der Waals surface area contributed by atoms with Crippen LogP contribution in [0, 0.1) is 27.7 Å². The quantitative estimate of drug-likeness (QED) is 0.0902. The van der Waals surface area contributed by atoms with Crippen LogP contribution in [0.2, 0.25) is 13.1 Å². The average Bonchev–Trinajstić information content (AvgIpc) is 1.56. The summed E-state index contributed by atoms with van der Waals surface area (Å²) in [6.07, 6.45) is 36.7. The summed E-state index contributed by atoms with van der Waals surface area (Å²) in [6, 6.07) is 62.1. The van der Waals surface area contributed by atoms with E-state index >= 15 is 0 Å². The number of methoxy groups -OCH3 is 4. The maximum absolute atomic E-state index is 5.65. The number of aryl methyl sites for hydroxylation is 4. The SMILES string of the molecule is COc1ccc2cccc(C3C=CC=Cc4c3cc(C)[c-]4[Si](C)[c-]3c(C)cc4c3C=CC=CC4c3cccc4ccc(OC)cc34)c2c1.COc1ccc2cccc(C3C=CC=Cc4c3cc(C)[c-]4[Si](C)[c-]3c(C)cc4c3C=CC=CC4c3cccc4ccc(OC)cc34)c2c1.[Cl][Zr][Cl]. The molecule has 0 N–H and O–H groups in total. The molecular formula is C90H78Cl2O4Si2Zr-4. The number of ether oxygens (including phenoxy) is 4. The molecular weight excluding hydrogens is 1360 g/mol. The van der Waals surface area contributed by atoms with E-state index in [9.17, 15) is 0 Å². The monoisotopic (exact) mass is 1440 g/mol. The third-order valence-electron chi connectivity index (χ3n) is 20.8. The van der Waals surface area contributed by atoms with E-state index in [0.717, 1.165) is 23.0 Å². The summed E-state index contributed by atoms with van der Waals surface area (Å²) < 4.78 is 22.6. The van der Waals surface area contributed by atoms with Crippen LogP contribution in [0.4, 0.5) is 0 Å². The Labute approximate surface area is 605 Å². The van der Waals surface area contributed by atoms with Gasteiger partial charge in [0.2, 0.25) is 0 Å². The number of hydrogen-bond acceptors (Lipinski definition) is 4. The van der Waals surface area contributed by atoms with Crippen molar-refractivity contribution in [2.75, 3.05) is 28.4 Å². The van der Waals surface area contributed by atoms with Gasteiger partial charge in [-0.3, -0.25) is 0 Å². The number of halogens is 2. The minimum atomic E-state index is -1.14. The molecule has 4 nitrogen and oxygen atoms in total. The molecule has 99 heavy (non-hydrogen) atoms. The molecule has 0 amide bonds. The number of benzene rings is 8. The zero-order valence-electron chi connectivity index (χ0n) is 57.6. The van der Waals surface area contributed by atoms with Crippen molar-refractivity contribution in [1.82, 2.24) is 0 Å². The second-order valence-corrected chi connectivity index (χ2v) is 34.5. The first-order valence-corrected chi connectivity index (χ1v) is 44.2. The predicted octanol–water partition coefficient (Wildman–Crippen LogP) is 20.8. The van der Waals surface area contributed by atoms with E-state index in [0.29, 0.717) is 0 Å². The van der Waals surface area contributed by atoms with Crippen molar-refractivity contribution in [3.05, 3.63) is 332 Å². The van der Waals surface area contributed by atoms with Gasteiger partial charge >= 0.3 is 37.9 Å². The molecule has 0 saturated carbocycles. The van der Waals surface area contributed by atoms with E-state index in [1.54, 1.807) is 28.4 Å². The van der Waals surface area contributed by atoms with Gasteiger partial charge in [0.05, 0.1) is 28.4 Å². The van der Waals surface area contributed by atoms with Gasteiger partial charge in [-0.05, 0) is 138 Å². The van der Waals surface area contributed by atoms with E-state index in [-0.39, 0.29) is 23.7 Å². The normalized spacial score (nSPS) is 16.3. The van der Waals surface area contributed by atoms with Crippen LogP contribution in [-0.2, 0) is 20.8 Å². The Morgan fingerprint density at radius 1 is 0.303 bits per heavy atom. The summed E-state index contributed by atoms with van der Waals surface area (Å²) in [7, 11) is 14.6. The zero-order chi connectivity index (χ0) is 68.6. The first-order valence-electron chi connectivity index (χ1n) is 33.9. The van der Waals surface area contributed by atoms with Gasteiger partial charge in [0.25, 0.3) is 0 Å². The van der Waals surface area contributed by atoms with E-state index in [1.165, 1.54) is 153 Å². The molecule has 0 bridgehead atoms. The van der Waals surface area contributed by atoms with Gasteiger partial charge in [0, 0.05) is 17.6 Å². The van der Waals surface area contributed by atoms with Crippen molar-refractivity contribution in [2.24, 2.45) is 0 Å². The van der Waals surface area contributed by atoms with E-state index in [2.05, 4.69) is 308 Å². The molecule has 12 aromatic carbocycles. The van der Waals surface area contributed by atoms with Crippen molar-refractivity contribution in [3.8, 4) is 23.0 Å². The number of allylic oxidation sites excluding steroid dienone is 12. The van der Waals surface area contributed by atoms with Crippen LogP contribution in [-0.4, -0.2) is 46.0 Å². The topological polar surface area (TPSA) is 36.9 Å². The Hall–Kier alpha value is -8.78. The standard InChI is InChI=1S/2C45H39O2Si.2ClH.Zr/c2*1-28-24-42-36(34-18-10-12-30-20-22-32(46-3)26-40(30)34)14-6-8-16-38(42)44(28)48(5)45-29(2)25-43-37(15-7-9-17-39(43)45)35-19-11-13-31-21-23-33(47-4)27-41(31)35;;;/h2*6-27,36-37H,1-5H3;2*1H;/q2*-2;;;+2/p-2. The molecule has 492 valence electrons. The van der Waals surface area contributed by atoms with Gasteiger partial charge in [-0.1, -0.05) is 186 Å². The van der Waals surface area contributed by atoms with Crippen LogP contribution in [0.25, 0.3) is 67.4 Å². The Bertz CT molecular complexity index is 4690. The van der Waals surface area contributed by atoms with Gasteiger partial charge in [0.15, 0.2) is 0 Å². The molecule has 4 atom stereocenters. The summed E-state index contributed by atoms with van der Waals surface area (Å²) in [5.41, 5.74) is 22.0. The average molecular weight is 1440 g/mol. The third-order valence-corrected chi connectivity index (χ3v) is 26.4. The van der Waals surface area contributed by atoms with Crippen molar-refractivity contribution in [3.63, 3.8) is 0 Å². The Morgan fingerprint density at radius 3 is 0.737 bits per heavy atom. The molecule has 4 aliphatic carbocycles. The first-order chi connectivity index (χ1) is 48.3. The van der Waals surface area contributed by atoms with Crippen LogP contribution in [0.1, 0.15) is 113 Å². The molecule has 4 unspecified atom stereocenters. The second kappa shape index (κ2) is 29.2. The summed E-state index contributed by atoms with van der Waals surface area (Å²) in [6.45, 7) is 14.3. The zero-order valence-corrected chi connectivity index (χ0v) is 63.6. The Kier molecular flexibility index (Phi) is 19.9. The van der Waals surface area contributed by atoms with Crippen LogP contribution in [0.3, 0.4) is 0 Å². The predicted molar refractivity (Wildman–Crippen MR) is 423 cm³/mol. The third kappa shape index (κ3) is 12.7. The number of fused-ring (bicyclic) bond motifs is 8. The van der Waals surface area contributed by atoms with Gasteiger partial charge in [-0.25, -0.2) is 0 Å². The number of rotatable bonds is 12.